The summed E-state index contributed by atoms with van der Waals surface area (Å²) in [4.78, 5) is 17.0. The topological polar surface area (TPSA) is 70.0 Å². The van der Waals surface area contributed by atoms with Crippen LogP contribution >= 0.6 is 11.8 Å². The fraction of sp³-hybridized carbons (Fsp3) is 0.500. The number of hydrogen-bond donors (Lipinski definition) is 0. The lowest BCUT2D eigenvalue weighted by Gasteiger charge is -2.30. The highest BCUT2D eigenvalue weighted by Gasteiger charge is 2.40. The van der Waals surface area contributed by atoms with Gasteiger partial charge >= 0.3 is 0 Å². The Morgan fingerprint density at radius 1 is 1.18 bits per heavy atom. The zero-order valence-electron chi connectivity index (χ0n) is 16.6. The molecule has 0 N–H and O–H groups in total. The summed E-state index contributed by atoms with van der Waals surface area (Å²) >= 11 is 1.14. The summed E-state index contributed by atoms with van der Waals surface area (Å²) in [6.45, 7) is 2.02. The number of sulfonamides is 1. The Morgan fingerprint density at radius 3 is 2.39 bits per heavy atom. The van der Waals surface area contributed by atoms with Gasteiger partial charge in [-0.2, -0.15) is 8.42 Å². The van der Waals surface area contributed by atoms with Crippen molar-refractivity contribution in [3.63, 3.8) is 0 Å². The van der Waals surface area contributed by atoms with Gasteiger partial charge in [0.15, 0.2) is 5.17 Å². The van der Waals surface area contributed by atoms with E-state index in [0.29, 0.717) is 4.91 Å². The van der Waals surface area contributed by atoms with E-state index >= 15 is 0 Å². The Labute approximate surface area is 171 Å². The number of carbonyl (C=O) groups is 1. The lowest BCUT2D eigenvalue weighted by Crippen LogP contribution is -2.40. The molecule has 152 valence electrons. The first-order chi connectivity index (χ1) is 13.3. The van der Waals surface area contributed by atoms with Crippen molar-refractivity contribution in [3.05, 3.63) is 40.9 Å². The number of carbonyl (C=O) groups excluding carboxylic acids is 1. The van der Waals surface area contributed by atoms with Crippen LogP contribution in [0.2, 0.25) is 0 Å². The van der Waals surface area contributed by atoms with Crippen molar-refractivity contribution >= 4 is 32.9 Å². The van der Waals surface area contributed by atoms with E-state index in [2.05, 4.69) is 4.40 Å². The van der Waals surface area contributed by atoms with E-state index in [1.807, 2.05) is 21.0 Å². The summed E-state index contributed by atoms with van der Waals surface area (Å²) < 4.78 is 29.9. The second-order valence-corrected chi connectivity index (χ2v) is 9.99. The van der Waals surface area contributed by atoms with Crippen molar-refractivity contribution in [2.24, 2.45) is 4.40 Å². The molecule has 1 amide bonds. The van der Waals surface area contributed by atoms with Crippen LogP contribution in [0.4, 0.5) is 0 Å². The van der Waals surface area contributed by atoms with Crippen LogP contribution in [-0.4, -0.2) is 49.4 Å². The maximum atomic E-state index is 13.0. The molecule has 0 bridgehead atoms. The fourth-order valence-corrected chi connectivity index (χ4v) is 5.79. The van der Waals surface area contributed by atoms with E-state index in [0.717, 1.165) is 55.9 Å². The predicted molar refractivity (Wildman–Crippen MR) is 114 cm³/mol. The van der Waals surface area contributed by atoms with E-state index in [4.69, 9.17) is 0 Å². The summed E-state index contributed by atoms with van der Waals surface area (Å²) in [5.74, 6) is -0.152. The van der Waals surface area contributed by atoms with Gasteiger partial charge in [0.05, 0.1) is 9.80 Å². The normalized spacial score (nSPS) is 21.7. The maximum Gasteiger partial charge on any atom is 0.284 e. The highest BCUT2D eigenvalue weighted by molar-refractivity contribution is 8.19. The quantitative estimate of drug-likeness (QED) is 0.680. The van der Waals surface area contributed by atoms with E-state index in [9.17, 15) is 13.2 Å². The van der Waals surface area contributed by atoms with Gasteiger partial charge in [-0.3, -0.25) is 9.69 Å². The molecule has 6 nitrogen and oxygen atoms in total. The van der Waals surface area contributed by atoms with Crippen LogP contribution in [0, 0.1) is 0 Å². The summed E-state index contributed by atoms with van der Waals surface area (Å²) in [7, 11) is -0.203. The minimum atomic E-state index is -3.88. The molecule has 8 heteroatoms. The van der Waals surface area contributed by atoms with Crippen LogP contribution in [0.15, 0.2) is 44.7 Å². The Kier molecular flexibility index (Phi) is 6.50. The largest absolute Gasteiger partial charge is 0.382 e. The third-order valence-electron chi connectivity index (χ3n) is 4.98. The standard InChI is InChI=1S/C20H27N3O3S2/c1-4-15-10-12-17(13-11-15)28(25,26)21-20-23(16-8-6-5-7-9-16)19(24)18(27-20)14-22(2)3/h10-14,16H,4-9H2,1-3H3/b18-14+,21-20?. The number of rotatable bonds is 5. The lowest BCUT2D eigenvalue weighted by atomic mass is 9.94. The third-order valence-corrected chi connectivity index (χ3v) is 7.35. The first kappa shape index (κ1) is 20.9. The maximum absolute atomic E-state index is 13.0. The molecule has 1 saturated carbocycles. The van der Waals surface area contributed by atoms with Crippen molar-refractivity contribution in [2.75, 3.05) is 14.1 Å². The number of thioether (sulfide) groups is 1. The molecule has 2 aliphatic rings. The Morgan fingerprint density at radius 2 is 1.82 bits per heavy atom. The smallest absolute Gasteiger partial charge is 0.284 e. The van der Waals surface area contributed by atoms with Gasteiger partial charge in [0.2, 0.25) is 0 Å². The van der Waals surface area contributed by atoms with Gasteiger partial charge in [0.1, 0.15) is 0 Å². The number of amidine groups is 1. The van der Waals surface area contributed by atoms with E-state index < -0.39 is 10.0 Å². The van der Waals surface area contributed by atoms with Crippen molar-refractivity contribution in [3.8, 4) is 0 Å². The molecule has 0 aromatic heterocycles. The summed E-state index contributed by atoms with van der Waals surface area (Å²) in [5, 5.41) is 0.268. The summed E-state index contributed by atoms with van der Waals surface area (Å²) in [5.41, 5.74) is 1.07. The zero-order chi connectivity index (χ0) is 20.3. The van der Waals surface area contributed by atoms with Crippen molar-refractivity contribution in [2.45, 2.75) is 56.4 Å². The number of nitrogens with zero attached hydrogens (tertiary/aromatic N) is 3. The zero-order valence-corrected chi connectivity index (χ0v) is 18.2. The molecule has 0 spiro atoms. The van der Waals surface area contributed by atoms with Crippen LogP contribution in [0.1, 0.15) is 44.6 Å². The number of hydrogen-bond acceptors (Lipinski definition) is 5. The van der Waals surface area contributed by atoms with Crippen molar-refractivity contribution < 1.29 is 13.2 Å². The average Bonchev–Trinajstić information content (AvgIpc) is 2.96. The Hall–Kier alpha value is -1.80. The van der Waals surface area contributed by atoms with Crippen molar-refractivity contribution in [1.82, 2.24) is 9.80 Å². The highest BCUT2D eigenvalue weighted by atomic mass is 32.2. The van der Waals surface area contributed by atoms with Crippen LogP contribution in [0.25, 0.3) is 0 Å². The molecule has 3 rings (SSSR count). The number of aryl methyl sites for hydroxylation is 1. The van der Waals surface area contributed by atoms with Gasteiger partial charge in [0, 0.05) is 26.3 Å². The number of amides is 1. The number of benzene rings is 1. The molecule has 2 fully saturated rings. The predicted octanol–water partition coefficient (Wildman–Crippen LogP) is 3.60. The fourth-order valence-electron chi connectivity index (χ4n) is 3.49. The molecule has 28 heavy (non-hydrogen) atoms. The molecule has 0 unspecified atom stereocenters. The third kappa shape index (κ3) is 4.60. The van der Waals surface area contributed by atoms with Gasteiger partial charge in [-0.25, -0.2) is 0 Å². The molecule has 1 aliphatic heterocycles. The van der Waals surface area contributed by atoms with Crippen LogP contribution in [-0.2, 0) is 21.2 Å². The summed E-state index contributed by atoms with van der Waals surface area (Å²) in [6.07, 6.45) is 7.58. The van der Waals surface area contributed by atoms with Gasteiger partial charge in [0.25, 0.3) is 15.9 Å². The van der Waals surface area contributed by atoms with Crippen LogP contribution < -0.4 is 0 Å². The molecule has 1 aromatic rings. The van der Waals surface area contributed by atoms with E-state index in [1.165, 1.54) is 0 Å². The molecule has 1 heterocycles. The SMILES string of the molecule is CCc1ccc(S(=O)(=O)N=C2S/C(=C/N(C)C)C(=O)N2C2CCCCC2)cc1. The Balaban J connectivity index is 1.98. The highest BCUT2D eigenvalue weighted by Crippen LogP contribution is 2.37. The second kappa shape index (κ2) is 8.69. The van der Waals surface area contributed by atoms with E-state index in [1.54, 1.807) is 40.3 Å². The minimum absolute atomic E-state index is 0.0122. The molecular formula is C20H27N3O3S2. The summed E-state index contributed by atoms with van der Waals surface area (Å²) in [6, 6.07) is 6.79. The van der Waals surface area contributed by atoms with Gasteiger partial charge < -0.3 is 4.90 Å². The molecule has 1 aliphatic carbocycles. The molecule has 0 radical (unpaired) electrons. The van der Waals surface area contributed by atoms with E-state index in [-0.39, 0.29) is 22.0 Å². The molecule has 0 atom stereocenters. The van der Waals surface area contributed by atoms with Crippen LogP contribution in [0.5, 0.6) is 0 Å². The Bertz CT molecular complexity index is 884. The monoisotopic (exact) mass is 421 g/mol. The first-order valence-electron chi connectivity index (χ1n) is 9.65. The average molecular weight is 422 g/mol. The van der Waals surface area contributed by atoms with Gasteiger partial charge in [-0.15, -0.1) is 4.40 Å². The minimum Gasteiger partial charge on any atom is -0.382 e. The van der Waals surface area contributed by atoms with Crippen LogP contribution in [0.3, 0.4) is 0 Å². The van der Waals surface area contributed by atoms with Gasteiger partial charge in [-0.1, -0.05) is 38.3 Å². The molecular weight excluding hydrogens is 394 g/mol. The second-order valence-electron chi connectivity index (χ2n) is 7.37. The first-order valence-corrected chi connectivity index (χ1v) is 11.9. The molecule has 1 aromatic carbocycles. The van der Waals surface area contributed by atoms with Gasteiger partial charge in [-0.05, 0) is 48.7 Å². The lowest BCUT2D eigenvalue weighted by molar-refractivity contribution is -0.124. The van der Waals surface area contributed by atoms with Crippen molar-refractivity contribution in [1.29, 1.82) is 0 Å². The molecule has 1 saturated heterocycles.